The summed E-state index contributed by atoms with van der Waals surface area (Å²) >= 11 is 6.03. The number of rotatable bonds is 4. The van der Waals surface area contributed by atoms with E-state index in [2.05, 4.69) is 5.32 Å². The summed E-state index contributed by atoms with van der Waals surface area (Å²) in [5, 5.41) is 3.59. The lowest BCUT2D eigenvalue weighted by Gasteiger charge is -2.10. The second kappa shape index (κ2) is 5.92. The number of nitrogens with one attached hydrogen (secondary N) is 1. The smallest absolute Gasteiger partial charge is 0.248 e. The van der Waals surface area contributed by atoms with Crippen LogP contribution in [0.25, 0.3) is 0 Å². The molecule has 0 saturated heterocycles. The highest BCUT2D eigenvalue weighted by Crippen LogP contribution is 2.20. The average Bonchev–Trinajstić information content (AvgIpc) is 2.41. The highest BCUT2D eigenvalue weighted by molar-refractivity contribution is 6.31. The summed E-state index contributed by atoms with van der Waals surface area (Å²) in [7, 11) is 0. The summed E-state index contributed by atoms with van der Waals surface area (Å²) in [6, 6.07) is 9.59. The molecule has 0 heterocycles. The first-order valence-electron chi connectivity index (χ1n) is 6.05. The fourth-order valence-corrected chi connectivity index (χ4v) is 1.96. The quantitative estimate of drug-likeness (QED) is 0.906. The number of halogens is 2. The fraction of sp³-hybridized carbons (Fsp3) is 0.133. The van der Waals surface area contributed by atoms with Gasteiger partial charge >= 0.3 is 0 Å². The zero-order chi connectivity index (χ0) is 14.7. The molecule has 0 aliphatic rings. The van der Waals surface area contributed by atoms with Crippen LogP contribution < -0.4 is 11.1 Å². The van der Waals surface area contributed by atoms with Crippen LogP contribution >= 0.6 is 11.6 Å². The molecule has 5 heteroatoms. The summed E-state index contributed by atoms with van der Waals surface area (Å²) in [5.74, 6) is -1.03. The highest BCUT2D eigenvalue weighted by atomic mass is 35.5. The Hall–Kier alpha value is -2.07. The van der Waals surface area contributed by atoms with Gasteiger partial charge in [-0.05, 0) is 42.3 Å². The summed E-state index contributed by atoms with van der Waals surface area (Å²) in [4.78, 5) is 11.1. The molecule has 2 rings (SSSR count). The van der Waals surface area contributed by atoms with E-state index in [4.69, 9.17) is 17.3 Å². The molecule has 1 amide bonds. The molecule has 0 spiro atoms. The molecule has 0 aliphatic heterocycles. The van der Waals surface area contributed by atoms with E-state index >= 15 is 0 Å². The SMILES string of the molecule is Cc1ccc(CNc2cc(C(N)=O)ccc2F)cc1Cl. The number of anilines is 1. The number of amides is 1. The largest absolute Gasteiger partial charge is 0.379 e. The third kappa shape index (κ3) is 3.27. The van der Waals surface area contributed by atoms with Crippen LogP contribution in [0.2, 0.25) is 5.02 Å². The third-order valence-corrected chi connectivity index (χ3v) is 3.38. The Morgan fingerprint density at radius 1 is 1.30 bits per heavy atom. The second-order valence-electron chi connectivity index (χ2n) is 4.50. The van der Waals surface area contributed by atoms with Crippen molar-refractivity contribution in [1.82, 2.24) is 0 Å². The predicted molar refractivity (Wildman–Crippen MR) is 78.4 cm³/mol. The minimum atomic E-state index is -0.591. The zero-order valence-corrected chi connectivity index (χ0v) is 11.7. The maximum absolute atomic E-state index is 13.6. The first kappa shape index (κ1) is 14.3. The van der Waals surface area contributed by atoms with Crippen LogP contribution in [0, 0.1) is 12.7 Å². The van der Waals surface area contributed by atoms with E-state index < -0.39 is 11.7 Å². The Bertz CT molecular complexity index is 658. The van der Waals surface area contributed by atoms with Crippen LogP contribution in [-0.4, -0.2) is 5.91 Å². The number of nitrogens with two attached hydrogens (primary N) is 1. The van der Waals surface area contributed by atoms with Crippen molar-refractivity contribution in [3.8, 4) is 0 Å². The molecule has 2 aromatic rings. The normalized spacial score (nSPS) is 10.3. The molecule has 3 N–H and O–H groups in total. The van der Waals surface area contributed by atoms with Crippen molar-refractivity contribution in [1.29, 1.82) is 0 Å². The number of hydrogen-bond donors (Lipinski definition) is 2. The zero-order valence-electron chi connectivity index (χ0n) is 10.9. The lowest BCUT2D eigenvalue weighted by atomic mass is 10.1. The maximum atomic E-state index is 13.6. The molecule has 0 atom stereocenters. The molecule has 0 fully saturated rings. The standard InChI is InChI=1S/C15H14ClFN2O/c1-9-2-3-10(6-12(9)16)8-19-14-7-11(15(18)20)4-5-13(14)17/h2-7,19H,8H2,1H3,(H2,18,20). The van der Waals surface area contributed by atoms with Crippen LogP contribution in [0.15, 0.2) is 36.4 Å². The lowest BCUT2D eigenvalue weighted by Crippen LogP contribution is -2.12. The van der Waals surface area contributed by atoms with E-state index in [0.29, 0.717) is 11.6 Å². The van der Waals surface area contributed by atoms with Gasteiger partial charge in [0.25, 0.3) is 0 Å². The number of primary amides is 1. The van der Waals surface area contributed by atoms with Crippen LogP contribution in [-0.2, 0) is 6.54 Å². The highest BCUT2D eigenvalue weighted by Gasteiger charge is 2.07. The van der Waals surface area contributed by atoms with Gasteiger partial charge in [0.2, 0.25) is 5.91 Å². The minimum Gasteiger partial charge on any atom is -0.379 e. The van der Waals surface area contributed by atoms with Gasteiger partial charge in [-0.2, -0.15) is 0 Å². The molecule has 3 nitrogen and oxygen atoms in total. The lowest BCUT2D eigenvalue weighted by molar-refractivity contribution is 0.100. The summed E-state index contributed by atoms with van der Waals surface area (Å²) < 4.78 is 13.6. The maximum Gasteiger partial charge on any atom is 0.248 e. The first-order valence-corrected chi connectivity index (χ1v) is 6.43. The van der Waals surface area contributed by atoms with Crippen LogP contribution in [0.5, 0.6) is 0 Å². The molecular weight excluding hydrogens is 279 g/mol. The van der Waals surface area contributed by atoms with Gasteiger partial charge in [0.05, 0.1) is 5.69 Å². The minimum absolute atomic E-state index is 0.234. The van der Waals surface area contributed by atoms with Crippen molar-refractivity contribution in [3.63, 3.8) is 0 Å². The van der Waals surface area contributed by atoms with Gasteiger partial charge in [0, 0.05) is 17.1 Å². The van der Waals surface area contributed by atoms with E-state index in [9.17, 15) is 9.18 Å². The molecule has 104 valence electrons. The molecule has 0 saturated carbocycles. The number of aryl methyl sites for hydroxylation is 1. The molecule has 0 radical (unpaired) electrons. The van der Waals surface area contributed by atoms with Crippen molar-refractivity contribution in [2.24, 2.45) is 5.73 Å². The Labute approximate surface area is 121 Å². The van der Waals surface area contributed by atoms with Crippen LogP contribution in [0.3, 0.4) is 0 Å². The summed E-state index contributed by atoms with van der Waals surface area (Å²) in [5.41, 5.74) is 7.57. The van der Waals surface area contributed by atoms with E-state index in [1.54, 1.807) is 0 Å². The van der Waals surface area contributed by atoms with E-state index in [1.165, 1.54) is 18.2 Å². The molecule has 20 heavy (non-hydrogen) atoms. The van der Waals surface area contributed by atoms with Gasteiger partial charge in [0.1, 0.15) is 5.82 Å². The number of hydrogen-bond acceptors (Lipinski definition) is 2. The van der Waals surface area contributed by atoms with E-state index in [0.717, 1.165) is 11.1 Å². The number of carbonyl (C=O) groups is 1. The van der Waals surface area contributed by atoms with E-state index in [1.807, 2.05) is 25.1 Å². The van der Waals surface area contributed by atoms with Crippen molar-refractivity contribution in [2.45, 2.75) is 13.5 Å². The first-order chi connectivity index (χ1) is 9.47. The Balaban J connectivity index is 2.15. The summed E-state index contributed by atoms with van der Waals surface area (Å²) in [6.07, 6.45) is 0. The molecule has 0 aromatic heterocycles. The summed E-state index contributed by atoms with van der Waals surface area (Å²) in [6.45, 7) is 2.31. The van der Waals surface area contributed by atoms with Gasteiger partial charge in [-0.25, -0.2) is 4.39 Å². The molecule has 2 aromatic carbocycles. The number of benzene rings is 2. The van der Waals surface area contributed by atoms with Gasteiger partial charge in [0.15, 0.2) is 0 Å². The molecule has 0 unspecified atom stereocenters. The third-order valence-electron chi connectivity index (χ3n) is 2.97. The molecule has 0 bridgehead atoms. The van der Waals surface area contributed by atoms with Gasteiger partial charge in [-0.1, -0.05) is 23.7 Å². The van der Waals surface area contributed by atoms with Crippen LogP contribution in [0.4, 0.5) is 10.1 Å². The van der Waals surface area contributed by atoms with Crippen molar-refractivity contribution in [2.75, 3.05) is 5.32 Å². The average molecular weight is 293 g/mol. The predicted octanol–water partition coefficient (Wildman–Crippen LogP) is 3.50. The Morgan fingerprint density at radius 2 is 2.05 bits per heavy atom. The topological polar surface area (TPSA) is 55.1 Å². The molecule has 0 aliphatic carbocycles. The van der Waals surface area contributed by atoms with Crippen molar-refractivity contribution in [3.05, 3.63) is 63.9 Å². The molecular formula is C15H14ClFN2O. The van der Waals surface area contributed by atoms with E-state index in [-0.39, 0.29) is 11.3 Å². The Kier molecular flexibility index (Phi) is 4.25. The number of carbonyl (C=O) groups excluding carboxylic acids is 1. The van der Waals surface area contributed by atoms with Gasteiger partial charge < -0.3 is 11.1 Å². The van der Waals surface area contributed by atoms with Gasteiger partial charge in [-0.3, -0.25) is 4.79 Å². The van der Waals surface area contributed by atoms with Crippen molar-refractivity contribution >= 4 is 23.2 Å². The monoisotopic (exact) mass is 292 g/mol. The van der Waals surface area contributed by atoms with Gasteiger partial charge in [-0.15, -0.1) is 0 Å². The fourth-order valence-electron chi connectivity index (χ4n) is 1.76. The second-order valence-corrected chi connectivity index (χ2v) is 4.90. The van der Waals surface area contributed by atoms with Crippen molar-refractivity contribution < 1.29 is 9.18 Å². The van der Waals surface area contributed by atoms with Crippen LogP contribution in [0.1, 0.15) is 21.5 Å². The Morgan fingerprint density at radius 3 is 2.70 bits per heavy atom.